The Morgan fingerprint density at radius 1 is 0.714 bits per heavy atom. The third-order valence-electron chi connectivity index (χ3n) is 4.63. The molecule has 0 amide bonds. The van der Waals surface area contributed by atoms with Crippen molar-refractivity contribution >= 4 is 0 Å². The van der Waals surface area contributed by atoms with Gasteiger partial charge in [-0.15, -0.1) is 0 Å². The zero-order chi connectivity index (χ0) is 20.5. The van der Waals surface area contributed by atoms with E-state index in [4.69, 9.17) is 9.47 Å². The van der Waals surface area contributed by atoms with Gasteiger partial charge in [0.15, 0.2) is 0 Å². The van der Waals surface area contributed by atoms with Crippen molar-refractivity contribution in [1.82, 2.24) is 0 Å². The normalized spacial score (nSPS) is 13.6. The standard InChI is InChI=1S/C24H34O4/c1-17(2)13-21(25)15-27-22-9-5-19(6-10-22)14-20-7-11-23(12-8-20)28-16-24(26)18(3)4/h5-12,17-18,21,24-26H,13-16H2,1-4H3. The van der Waals surface area contributed by atoms with Gasteiger partial charge in [-0.25, -0.2) is 0 Å². The lowest BCUT2D eigenvalue weighted by Gasteiger charge is -2.15. The van der Waals surface area contributed by atoms with Crippen LogP contribution in [0, 0.1) is 11.8 Å². The minimum absolute atomic E-state index is 0.185. The first-order chi connectivity index (χ1) is 13.3. The summed E-state index contributed by atoms with van der Waals surface area (Å²) < 4.78 is 11.3. The van der Waals surface area contributed by atoms with Crippen LogP contribution in [0.4, 0.5) is 0 Å². The van der Waals surface area contributed by atoms with Crippen LogP contribution < -0.4 is 9.47 Å². The zero-order valence-corrected chi connectivity index (χ0v) is 17.5. The first-order valence-corrected chi connectivity index (χ1v) is 10.1. The van der Waals surface area contributed by atoms with Crippen LogP contribution in [0.1, 0.15) is 45.2 Å². The summed E-state index contributed by atoms with van der Waals surface area (Å²) in [6.45, 7) is 8.76. The Kier molecular flexibility index (Phi) is 8.81. The molecule has 0 spiro atoms. The molecule has 4 heteroatoms. The van der Waals surface area contributed by atoms with Crippen LogP contribution in [0.2, 0.25) is 0 Å². The molecule has 154 valence electrons. The second kappa shape index (κ2) is 11.1. The van der Waals surface area contributed by atoms with Crippen molar-refractivity contribution in [2.45, 2.75) is 52.7 Å². The van der Waals surface area contributed by atoms with E-state index in [-0.39, 0.29) is 5.92 Å². The van der Waals surface area contributed by atoms with Gasteiger partial charge in [-0.3, -0.25) is 0 Å². The molecule has 2 N–H and O–H groups in total. The van der Waals surface area contributed by atoms with Crippen LogP contribution in [0.3, 0.4) is 0 Å². The third kappa shape index (κ3) is 7.91. The first kappa shape index (κ1) is 22.3. The van der Waals surface area contributed by atoms with E-state index in [1.165, 1.54) is 11.1 Å². The van der Waals surface area contributed by atoms with Gasteiger partial charge in [0.25, 0.3) is 0 Å². The highest BCUT2D eigenvalue weighted by atomic mass is 16.5. The van der Waals surface area contributed by atoms with E-state index in [2.05, 4.69) is 13.8 Å². The van der Waals surface area contributed by atoms with Crippen LogP contribution in [-0.4, -0.2) is 35.6 Å². The van der Waals surface area contributed by atoms with E-state index in [1.54, 1.807) is 0 Å². The molecule has 0 saturated heterocycles. The van der Waals surface area contributed by atoms with Crippen molar-refractivity contribution in [1.29, 1.82) is 0 Å². The van der Waals surface area contributed by atoms with Gasteiger partial charge in [-0.05, 0) is 60.1 Å². The van der Waals surface area contributed by atoms with E-state index in [1.807, 2.05) is 62.4 Å². The predicted molar refractivity (Wildman–Crippen MR) is 113 cm³/mol. The van der Waals surface area contributed by atoms with E-state index in [0.29, 0.717) is 19.1 Å². The molecular formula is C24H34O4. The molecule has 28 heavy (non-hydrogen) atoms. The Morgan fingerprint density at radius 2 is 1.18 bits per heavy atom. The van der Waals surface area contributed by atoms with Gasteiger partial charge in [0, 0.05) is 0 Å². The average molecular weight is 387 g/mol. The minimum atomic E-state index is -0.452. The summed E-state index contributed by atoms with van der Waals surface area (Å²) in [4.78, 5) is 0. The predicted octanol–water partition coefficient (Wildman–Crippen LogP) is 4.46. The molecular weight excluding hydrogens is 352 g/mol. The molecule has 2 aromatic carbocycles. The summed E-state index contributed by atoms with van der Waals surface area (Å²) in [6.07, 6.45) is 0.688. The smallest absolute Gasteiger partial charge is 0.119 e. The van der Waals surface area contributed by atoms with E-state index in [0.717, 1.165) is 24.3 Å². The van der Waals surface area contributed by atoms with Crippen LogP contribution in [0.15, 0.2) is 48.5 Å². The first-order valence-electron chi connectivity index (χ1n) is 10.1. The lowest BCUT2D eigenvalue weighted by molar-refractivity contribution is 0.0701. The molecule has 2 rings (SSSR count). The molecule has 0 aromatic heterocycles. The Bertz CT molecular complexity index is 677. The number of hydrogen-bond acceptors (Lipinski definition) is 4. The molecule has 4 nitrogen and oxygen atoms in total. The summed E-state index contributed by atoms with van der Waals surface area (Å²) in [5, 5.41) is 19.7. The second-order valence-electron chi connectivity index (χ2n) is 8.18. The summed E-state index contributed by atoms with van der Waals surface area (Å²) in [5.41, 5.74) is 2.39. The summed E-state index contributed by atoms with van der Waals surface area (Å²) in [5.74, 6) is 2.19. The Labute approximate surface area is 169 Å². The fourth-order valence-electron chi connectivity index (χ4n) is 2.82. The SMILES string of the molecule is CC(C)CC(O)COc1ccc(Cc2ccc(OCC(O)C(C)C)cc2)cc1. The van der Waals surface area contributed by atoms with Gasteiger partial charge >= 0.3 is 0 Å². The summed E-state index contributed by atoms with van der Waals surface area (Å²) in [7, 11) is 0. The van der Waals surface area contributed by atoms with Gasteiger partial charge in [-0.1, -0.05) is 52.0 Å². The van der Waals surface area contributed by atoms with Crippen molar-refractivity contribution in [3.8, 4) is 11.5 Å². The highest BCUT2D eigenvalue weighted by molar-refractivity contribution is 5.34. The lowest BCUT2D eigenvalue weighted by atomic mass is 10.0. The van der Waals surface area contributed by atoms with Crippen LogP contribution >= 0.6 is 0 Å². The van der Waals surface area contributed by atoms with Gasteiger partial charge in [0.1, 0.15) is 24.7 Å². The minimum Gasteiger partial charge on any atom is -0.491 e. The van der Waals surface area contributed by atoms with E-state index < -0.39 is 12.2 Å². The fourth-order valence-corrected chi connectivity index (χ4v) is 2.82. The molecule has 0 heterocycles. The molecule has 0 aliphatic carbocycles. The number of hydrogen-bond donors (Lipinski definition) is 2. The van der Waals surface area contributed by atoms with Crippen molar-refractivity contribution < 1.29 is 19.7 Å². The highest BCUT2D eigenvalue weighted by Gasteiger charge is 2.10. The number of aliphatic hydroxyl groups is 2. The molecule has 2 atom stereocenters. The van der Waals surface area contributed by atoms with Gasteiger partial charge < -0.3 is 19.7 Å². The average Bonchev–Trinajstić information content (AvgIpc) is 2.66. The maximum atomic E-state index is 9.90. The quantitative estimate of drug-likeness (QED) is 0.599. The molecule has 0 radical (unpaired) electrons. The van der Waals surface area contributed by atoms with Crippen molar-refractivity contribution in [3.63, 3.8) is 0 Å². The molecule has 0 aliphatic heterocycles. The van der Waals surface area contributed by atoms with Crippen molar-refractivity contribution in [2.24, 2.45) is 11.8 Å². The number of ether oxygens (including phenoxy) is 2. The number of benzene rings is 2. The summed E-state index contributed by atoms with van der Waals surface area (Å²) >= 11 is 0. The molecule has 0 saturated carbocycles. The molecule has 0 fully saturated rings. The summed E-state index contributed by atoms with van der Waals surface area (Å²) in [6, 6.07) is 16.0. The van der Waals surface area contributed by atoms with E-state index >= 15 is 0 Å². The van der Waals surface area contributed by atoms with Crippen molar-refractivity contribution in [3.05, 3.63) is 59.7 Å². The van der Waals surface area contributed by atoms with Crippen LogP contribution in [-0.2, 0) is 6.42 Å². The number of rotatable bonds is 11. The topological polar surface area (TPSA) is 58.9 Å². The van der Waals surface area contributed by atoms with Crippen LogP contribution in [0.5, 0.6) is 11.5 Å². The van der Waals surface area contributed by atoms with Gasteiger partial charge in [0.05, 0.1) is 12.2 Å². The zero-order valence-electron chi connectivity index (χ0n) is 17.5. The number of aliphatic hydroxyl groups excluding tert-OH is 2. The lowest BCUT2D eigenvalue weighted by Crippen LogP contribution is -2.23. The van der Waals surface area contributed by atoms with E-state index in [9.17, 15) is 10.2 Å². The highest BCUT2D eigenvalue weighted by Crippen LogP contribution is 2.19. The Balaban J connectivity index is 1.81. The third-order valence-corrected chi connectivity index (χ3v) is 4.63. The Morgan fingerprint density at radius 3 is 1.61 bits per heavy atom. The largest absolute Gasteiger partial charge is 0.491 e. The molecule has 2 aromatic rings. The fraction of sp³-hybridized carbons (Fsp3) is 0.500. The van der Waals surface area contributed by atoms with Crippen LogP contribution in [0.25, 0.3) is 0 Å². The molecule has 0 aliphatic rings. The monoisotopic (exact) mass is 386 g/mol. The second-order valence-corrected chi connectivity index (χ2v) is 8.18. The molecule has 2 unspecified atom stereocenters. The molecule has 0 bridgehead atoms. The van der Waals surface area contributed by atoms with Gasteiger partial charge in [0.2, 0.25) is 0 Å². The van der Waals surface area contributed by atoms with Gasteiger partial charge in [-0.2, -0.15) is 0 Å². The maximum Gasteiger partial charge on any atom is 0.119 e. The maximum absolute atomic E-state index is 9.90. The Hall–Kier alpha value is -2.04. The van der Waals surface area contributed by atoms with Crippen molar-refractivity contribution in [2.75, 3.05) is 13.2 Å².